The van der Waals surface area contributed by atoms with Crippen LogP contribution >= 0.6 is 11.3 Å². The number of aromatic amines is 1. The average Bonchev–Trinajstić information content (AvgIpc) is 3.28. The quantitative estimate of drug-likeness (QED) is 0.742. The molecule has 1 aliphatic heterocycles. The summed E-state index contributed by atoms with van der Waals surface area (Å²) in [7, 11) is 0. The number of nitrogens with one attached hydrogen (secondary N) is 2. The number of carbonyl (C=O) groups excluding carboxylic acids is 1. The second-order valence-electron chi connectivity index (χ2n) is 7.39. The van der Waals surface area contributed by atoms with Gasteiger partial charge in [-0.25, -0.2) is 4.98 Å². The SMILES string of the molecule is CC1CCC12CCN2CNC(=O)c1n[nH]c2cc(-c3nccs3)ccc12. The molecule has 0 radical (unpaired) electrons. The molecule has 0 bridgehead atoms. The molecule has 2 atom stereocenters. The van der Waals surface area contributed by atoms with Crippen LogP contribution in [0.4, 0.5) is 0 Å². The van der Waals surface area contributed by atoms with Gasteiger partial charge in [0.05, 0.1) is 12.2 Å². The minimum Gasteiger partial charge on any atom is -0.338 e. The van der Waals surface area contributed by atoms with Crippen molar-refractivity contribution in [1.82, 2.24) is 25.4 Å². The molecule has 7 heteroatoms. The Morgan fingerprint density at radius 2 is 2.38 bits per heavy atom. The van der Waals surface area contributed by atoms with E-state index in [0.717, 1.165) is 33.9 Å². The van der Waals surface area contributed by atoms with Crippen molar-refractivity contribution in [2.75, 3.05) is 13.2 Å². The lowest BCUT2D eigenvalue weighted by molar-refractivity contribution is -0.118. The maximum Gasteiger partial charge on any atom is 0.273 e. The molecule has 1 amide bonds. The highest BCUT2D eigenvalue weighted by Gasteiger charge is 2.53. The van der Waals surface area contributed by atoms with Gasteiger partial charge in [0.15, 0.2) is 5.69 Å². The van der Waals surface area contributed by atoms with Gasteiger partial charge < -0.3 is 5.32 Å². The monoisotopic (exact) mass is 367 g/mol. The fourth-order valence-electron chi connectivity index (χ4n) is 4.34. The minimum atomic E-state index is -0.118. The van der Waals surface area contributed by atoms with Crippen LogP contribution in [0.2, 0.25) is 0 Å². The van der Waals surface area contributed by atoms with Gasteiger partial charge in [0.25, 0.3) is 5.91 Å². The predicted octanol–water partition coefficient (Wildman–Crippen LogP) is 3.25. The normalized spacial score (nSPS) is 25.2. The second-order valence-corrected chi connectivity index (χ2v) is 8.29. The highest BCUT2D eigenvalue weighted by Crippen LogP contribution is 2.50. The summed E-state index contributed by atoms with van der Waals surface area (Å²) < 4.78 is 0. The number of aromatic nitrogens is 3. The lowest BCUT2D eigenvalue weighted by Gasteiger charge is -2.62. The topological polar surface area (TPSA) is 73.9 Å². The van der Waals surface area contributed by atoms with Crippen LogP contribution in [-0.2, 0) is 0 Å². The zero-order valence-electron chi connectivity index (χ0n) is 14.7. The lowest BCUT2D eigenvalue weighted by atomic mass is 9.60. The molecule has 3 aromatic rings. The largest absolute Gasteiger partial charge is 0.338 e. The molecular formula is C19H21N5OS. The third-order valence-corrected chi connectivity index (χ3v) is 7.08. The molecule has 2 aromatic heterocycles. The van der Waals surface area contributed by atoms with Crippen LogP contribution in [-0.4, -0.2) is 44.7 Å². The Morgan fingerprint density at radius 1 is 1.46 bits per heavy atom. The van der Waals surface area contributed by atoms with Gasteiger partial charge in [-0.05, 0) is 37.3 Å². The van der Waals surface area contributed by atoms with Crippen LogP contribution in [0, 0.1) is 5.92 Å². The molecule has 3 heterocycles. The van der Waals surface area contributed by atoms with E-state index >= 15 is 0 Å². The number of amides is 1. The molecule has 1 aliphatic carbocycles. The molecule has 1 spiro atoms. The molecule has 6 nitrogen and oxygen atoms in total. The van der Waals surface area contributed by atoms with Crippen molar-refractivity contribution in [3.63, 3.8) is 0 Å². The Labute approximate surface area is 155 Å². The van der Waals surface area contributed by atoms with Gasteiger partial charge in [0, 0.05) is 34.6 Å². The zero-order valence-corrected chi connectivity index (χ0v) is 15.5. The Balaban J connectivity index is 1.32. The Hall–Kier alpha value is -2.25. The molecule has 2 aliphatic rings. The third kappa shape index (κ3) is 2.30. The number of fused-ring (bicyclic) bond motifs is 1. The fraction of sp³-hybridized carbons (Fsp3) is 0.421. The van der Waals surface area contributed by atoms with E-state index in [2.05, 4.69) is 32.3 Å². The van der Waals surface area contributed by atoms with E-state index in [1.54, 1.807) is 17.5 Å². The van der Waals surface area contributed by atoms with Gasteiger partial charge in [0.1, 0.15) is 5.01 Å². The van der Waals surface area contributed by atoms with Gasteiger partial charge in [0.2, 0.25) is 0 Å². The molecule has 1 saturated heterocycles. The molecule has 1 saturated carbocycles. The van der Waals surface area contributed by atoms with Crippen LogP contribution in [0.3, 0.4) is 0 Å². The lowest BCUT2D eigenvalue weighted by Crippen LogP contribution is -2.69. The molecule has 5 rings (SSSR count). The maximum absolute atomic E-state index is 12.6. The molecule has 1 aromatic carbocycles. The highest BCUT2D eigenvalue weighted by atomic mass is 32.1. The number of rotatable bonds is 4. The third-order valence-electron chi connectivity index (χ3n) is 6.26. The fourth-order valence-corrected chi connectivity index (χ4v) is 4.98. The Morgan fingerprint density at radius 3 is 3.04 bits per heavy atom. The number of benzene rings is 1. The summed E-state index contributed by atoms with van der Waals surface area (Å²) in [5.74, 6) is 0.621. The minimum absolute atomic E-state index is 0.118. The van der Waals surface area contributed by atoms with Crippen molar-refractivity contribution in [3.8, 4) is 10.6 Å². The highest BCUT2D eigenvalue weighted by molar-refractivity contribution is 7.13. The first kappa shape index (κ1) is 16.0. The molecule has 2 fully saturated rings. The van der Waals surface area contributed by atoms with Crippen LogP contribution in [0.25, 0.3) is 21.5 Å². The van der Waals surface area contributed by atoms with Gasteiger partial charge in [-0.1, -0.05) is 13.0 Å². The summed E-state index contributed by atoms with van der Waals surface area (Å²) in [6, 6.07) is 5.94. The summed E-state index contributed by atoms with van der Waals surface area (Å²) >= 11 is 1.60. The summed E-state index contributed by atoms with van der Waals surface area (Å²) in [5, 5.41) is 14.1. The number of H-pyrrole nitrogens is 1. The summed E-state index contributed by atoms with van der Waals surface area (Å²) in [6.45, 7) is 4.00. The van der Waals surface area contributed by atoms with Crippen molar-refractivity contribution in [2.24, 2.45) is 5.92 Å². The first-order valence-corrected chi connectivity index (χ1v) is 9.96. The first-order valence-electron chi connectivity index (χ1n) is 9.09. The number of carbonyl (C=O) groups is 1. The zero-order chi connectivity index (χ0) is 17.7. The van der Waals surface area contributed by atoms with E-state index < -0.39 is 0 Å². The number of hydrogen-bond acceptors (Lipinski definition) is 5. The van der Waals surface area contributed by atoms with Gasteiger partial charge in [-0.2, -0.15) is 5.10 Å². The summed E-state index contributed by atoms with van der Waals surface area (Å²) in [4.78, 5) is 19.4. The van der Waals surface area contributed by atoms with Crippen molar-refractivity contribution >= 4 is 28.1 Å². The molecule has 134 valence electrons. The number of hydrogen-bond donors (Lipinski definition) is 2. The van der Waals surface area contributed by atoms with E-state index in [1.165, 1.54) is 19.3 Å². The number of nitrogens with zero attached hydrogens (tertiary/aromatic N) is 3. The predicted molar refractivity (Wildman–Crippen MR) is 102 cm³/mol. The van der Waals surface area contributed by atoms with Crippen molar-refractivity contribution < 1.29 is 4.79 Å². The smallest absolute Gasteiger partial charge is 0.273 e. The van der Waals surface area contributed by atoms with E-state index in [1.807, 2.05) is 23.6 Å². The average molecular weight is 367 g/mol. The van der Waals surface area contributed by atoms with Crippen molar-refractivity contribution in [3.05, 3.63) is 35.5 Å². The van der Waals surface area contributed by atoms with Gasteiger partial charge in [-0.15, -0.1) is 11.3 Å². The molecule has 2 N–H and O–H groups in total. The number of likely N-dealkylation sites (tertiary alicyclic amines) is 1. The van der Waals surface area contributed by atoms with E-state index in [9.17, 15) is 4.79 Å². The maximum atomic E-state index is 12.6. The molecular weight excluding hydrogens is 346 g/mol. The summed E-state index contributed by atoms with van der Waals surface area (Å²) in [5.41, 5.74) is 2.70. The van der Waals surface area contributed by atoms with Crippen LogP contribution < -0.4 is 5.32 Å². The Bertz CT molecular complexity index is 962. The van der Waals surface area contributed by atoms with Crippen molar-refractivity contribution in [2.45, 2.75) is 31.7 Å². The van der Waals surface area contributed by atoms with Crippen LogP contribution in [0.15, 0.2) is 29.8 Å². The van der Waals surface area contributed by atoms with Gasteiger partial charge >= 0.3 is 0 Å². The Kier molecular flexibility index (Phi) is 3.62. The molecule has 26 heavy (non-hydrogen) atoms. The van der Waals surface area contributed by atoms with E-state index in [0.29, 0.717) is 17.9 Å². The molecule has 2 unspecified atom stereocenters. The van der Waals surface area contributed by atoms with Crippen LogP contribution in [0.5, 0.6) is 0 Å². The van der Waals surface area contributed by atoms with Crippen LogP contribution in [0.1, 0.15) is 36.7 Å². The second kappa shape index (κ2) is 5.89. The van der Waals surface area contributed by atoms with Gasteiger partial charge in [-0.3, -0.25) is 14.8 Å². The standard InChI is InChI=1S/C19H21N5OS/c1-12-4-5-19(12)6-8-24(19)11-21-17(25)16-14-3-2-13(10-15(14)22-23-16)18-20-7-9-26-18/h2-3,7,9-10,12H,4-6,8,11H2,1H3,(H,21,25)(H,22,23). The van der Waals surface area contributed by atoms with E-state index in [4.69, 9.17) is 0 Å². The first-order chi connectivity index (χ1) is 12.7. The van der Waals surface area contributed by atoms with Crippen molar-refractivity contribution in [1.29, 1.82) is 0 Å². The number of thiazole rings is 1. The summed E-state index contributed by atoms with van der Waals surface area (Å²) in [6.07, 6.45) is 5.61. The van der Waals surface area contributed by atoms with E-state index in [-0.39, 0.29) is 5.91 Å².